The first kappa shape index (κ1) is 15.5. The predicted molar refractivity (Wildman–Crippen MR) is 66.7 cm³/mol. The number of alkyl carbamates (subject to hydrolysis) is 1. The lowest BCUT2D eigenvalue weighted by atomic mass is 10.2. The van der Waals surface area contributed by atoms with Gasteiger partial charge < -0.3 is 15.0 Å². The Kier molecular flexibility index (Phi) is 5.71. The lowest BCUT2D eigenvalue weighted by Crippen LogP contribution is -2.33. The molecule has 0 aromatic carbocycles. The summed E-state index contributed by atoms with van der Waals surface area (Å²) in [5.74, 6) is -0.103. The number of rotatable bonds is 3. The zero-order valence-electron chi connectivity index (χ0n) is 11.5. The van der Waals surface area contributed by atoms with Crippen molar-refractivity contribution in [1.82, 2.24) is 10.2 Å². The van der Waals surface area contributed by atoms with Gasteiger partial charge in [0.1, 0.15) is 5.60 Å². The van der Waals surface area contributed by atoms with E-state index in [1.54, 1.807) is 41.8 Å². The molecule has 0 aliphatic carbocycles. The lowest BCUT2D eigenvalue weighted by Gasteiger charge is -2.19. The number of hydrogen-bond acceptors (Lipinski definition) is 3. The molecular weight excluding hydrogens is 220 g/mol. The molecule has 0 aliphatic rings. The van der Waals surface area contributed by atoms with Gasteiger partial charge in [-0.1, -0.05) is 0 Å². The number of nitrogens with zero attached hydrogens (tertiary/aromatic N) is 1. The summed E-state index contributed by atoms with van der Waals surface area (Å²) in [6, 6.07) is 0. The number of ether oxygens (including phenoxy) is 1. The van der Waals surface area contributed by atoms with E-state index in [-0.39, 0.29) is 5.91 Å². The molecule has 0 saturated carbocycles. The normalized spacial score (nSPS) is 12.0. The third kappa shape index (κ3) is 8.30. The van der Waals surface area contributed by atoms with Gasteiger partial charge in [-0.15, -0.1) is 0 Å². The van der Waals surface area contributed by atoms with E-state index in [1.165, 1.54) is 11.0 Å². The number of carbonyl (C=O) groups is 2. The van der Waals surface area contributed by atoms with Crippen LogP contribution in [0, 0.1) is 0 Å². The second kappa shape index (κ2) is 6.27. The Hall–Kier alpha value is -1.52. The molecule has 0 aromatic rings. The Morgan fingerprint density at radius 3 is 2.24 bits per heavy atom. The summed E-state index contributed by atoms with van der Waals surface area (Å²) >= 11 is 0. The predicted octanol–water partition coefficient (Wildman–Crippen LogP) is 1.55. The van der Waals surface area contributed by atoms with Crippen LogP contribution in [0.4, 0.5) is 4.79 Å². The molecule has 2 amide bonds. The van der Waals surface area contributed by atoms with Gasteiger partial charge in [-0.25, -0.2) is 4.79 Å². The van der Waals surface area contributed by atoms with Gasteiger partial charge in [0.25, 0.3) is 0 Å². The van der Waals surface area contributed by atoms with Crippen LogP contribution < -0.4 is 5.32 Å². The summed E-state index contributed by atoms with van der Waals surface area (Å²) in [7, 11) is 3.35. The average Bonchev–Trinajstić information content (AvgIpc) is 2.11. The highest BCUT2D eigenvalue weighted by Gasteiger charge is 2.15. The molecular formula is C12H22N2O3. The molecule has 0 saturated heterocycles. The summed E-state index contributed by atoms with van der Waals surface area (Å²) in [6.45, 7) is 7.47. The molecule has 1 N–H and O–H groups in total. The van der Waals surface area contributed by atoms with Gasteiger partial charge in [0.05, 0.1) is 0 Å². The van der Waals surface area contributed by atoms with Crippen molar-refractivity contribution in [3.8, 4) is 0 Å². The van der Waals surface area contributed by atoms with E-state index in [1.807, 2.05) is 0 Å². The third-order valence-electron chi connectivity index (χ3n) is 1.72. The number of carbonyl (C=O) groups excluding carboxylic acids is 2. The molecule has 0 atom stereocenters. The van der Waals surface area contributed by atoms with Gasteiger partial charge in [0.2, 0.25) is 5.91 Å². The first-order valence-electron chi connectivity index (χ1n) is 5.47. The fourth-order valence-electron chi connectivity index (χ4n) is 0.917. The molecule has 5 nitrogen and oxygen atoms in total. The van der Waals surface area contributed by atoms with E-state index in [9.17, 15) is 9.59 Å². The van der Waals surface area contributed by atoms with Crippen LogP contribution >= 0.6 is 0 Å². The Balaban J connectivity index is 4.13. The molecule has 0 bridgehead atoms. The third-order valence-corrected chi connectivity index (χ3v) is 1.72. The Morgan fingerprint density at radius 2 is 1.82 bits per heavy atom. The summed E-state index contributed by atoms with van der Waals surface area (Å²) in [5, 5.41) is 2.58. The quantitative estimate of drug-likeness (QED) is 0.764. The van der Waals surface area contributed by atoms with Gasteiger partial charge in [0, 0.05) is 26.7 Å². The van der Waals surface area contributed by atoms with Crippen LogP contribution in [-0.2, 0) is 9.53 Å². The minimum atomic E-state index is -0.513. The maximum absolute atomic E-state index is 11.3. The second-order valence-electron chi connectivity index (χ2n) is 5.08. The second-order valence-corrected chi connectivity index (χ2v) is 5.08. The minimum absolute atomic E-state index is 0.103. The van der Waals surface area contributed by atoms with E-state index in [0.717, 1.165) is 5.57 Å². The SMILES string of the molecule is C/C(=C\C(=O)N(C)C)CNC(=O)OC(C)(C)C. The van der Waals surface area contributed by atoms with Crippen LogP contribution in [0.2, 0.25) is 0 Å². The lowest BCUT2D eigenvalue weighted by molar-refractivity contribution is -0.123. The van der Waals surface area contributed by atoms with Crippen LogP contribution in [0.25, 0.3) is 0 Å². The van der Waals surface area contributed by atoms with Gasteiger partial charge in [0.15, 0.2) is 0 Å². The summed E-state index contributed by atoms with van der Waals surface area (Å²) in [4.78, 5) is 24.1. The molecule has 0 aromatic heterocycles. The molecule has 0 radical (unpaired) electrons. The smallest absolute Gasteiger partial charge is 0.407 e. The van der Waals surface area contributed by atoms with Crippen molar-refractivity contribution in [3.05, 3.63) is 11.6 Å². The van der Waals surface area contributed by atoms with E-state index >= 15 is 0 Å². The summed E-state index contributed by atoms with van der Waals surface area (Å²) in [6.07, 6.45) is 1.000. The topological polar surface area (TPSA) is 58.6 Å². The number of nitrogens with one attached hydrogen (secondary N) is 1. The summed E-state index contributed by atoms with van der Waals surface area (Å²) in [5.41, 5.74) is 0.260. The maximum Gasteiger partial charge on any atom is 0.407 e. The van der Waals surface area contributed by atoms with Gasteiger partial charge in [-0.2, -0.15) is 0 Å². The molecule has 0 heterocycles. The molecule has 0 aliphatic heterocycles. The molecule has 17 heavy (non-hydrogen) atoms. The van der Waals surface area contributed by atoms with E-state index < -0.39 is 11.7 Å². The molecule has 98 valence electrons. The van der Waals surface area contributed by atoms with Crippen molar-refractivity contribution in [1.29, 1.82) is 0 Å². The van der Waals surface area contributed by atoms with Crippen LogP contribution in [0.15, 0.2) is 11.6 Å². The number of amides is 2. The van der Waals surface area contributed by atoms with Gasteiger partial charge in [-0.05, 0) is 33.3 Å². The maximum atomic E-state index is 11.3. The monoisotopic (exact) mass is 242 g/mol. The Bertz CT molecular complexity index is 314. The zero-order chi connectivity index (χ0) is 13.6. The largest absolute Gasteiger partial charge is 0.444 e. The fraction of sp³-hybridized carbons (Fsp3) is 0.667. The highest BCUT2D eigenvalue weighted by Crippen LogP contribution is 2.06. The van der Waals surface area contributed by atoms with Crippen molar-refractivity contribution in [2.24, 2.45) is 0 Å². The van der Waals surface area contributed by atoms with Crippen LogP contribution in [-0.4, -0.2) is 43.1 Å². The highest BCUT2D eigenvalue weighted by molar-refractivity contribution is 5.87. The van der Waals surface area contributed by atoms with E-state index in [0.29, 0.717) is 6.54 Å². The van der Waals surface area contributed by atoms with Crippen molar-refractivity contribution in [2.75, 3.05) is 20.6 Å². The molecule has 0 unspecified atom stereocenters. The molecule has 0 spiro atoms. The van der Waals surface area contributed by atoms with Crippen molar-refractivity contribution in [2.45, 2.75) is 33.3 Å². The Labute approximate surface area is 103 Å². The Morgan fingerprint density at radius 1 is 1.29 bits per heavy atom. The first-order valence-corrected chi connectivity index (χ1v) is 5.47. The van der Waals surface area contributed by atoms with Crippen molar-refractivity contribution in [3.63, 3.8) is 0 Å². The zero-order valence-corrected chi connectivity index (χ0v) is 11.5. The summed E-state index contributed by atoms with van der Waals surface area (Å²) < 4.78 is 5.07. The molecule has 0 fully saturated rings. The van der Waals surface area contributed by atoms with Gasteiger partial charge in [-0.3, -0.25) is 4.79 Å². The number of likely N-dealkylation sites (N-methyl/N-ethyl adjacent to an activating group) is 1. The van der Waals surface area contributed by atoms with Crippen LogP contribution in [0.5, 0.6) is 0 Å². The van der Waals surface area contributed by atoms with Gasteiger partial charge >= 0.3 is 6.09 Å². The van der Waals surface area contributed by atoms with E-state index in [4.69, 9.17) is 4.74 Å². The number of hydrogen-bond donors (Lipinski definition) is 1. The average molecular weight is 242 g/mol. The fourth-order valence-corrected chi connectivity index (χ4v) is 0.917. The van der Waals surface area contributed by atoms with Crippen molar-refractivity contribution >= 4 is 12.0 Å². The minimum Gasteiger partial charge on any atom is -0.444 e. The van der Waals surface area contributed by atoms with E-state index in [2.05, 4.69) is 5.32 Å². The highest BCUT2D eigenvalue weighted by atomic mass is 16.6. The van der Waals surface area contributed by atoms with Crippen LogP contribution in [0.1, 0.15) is 27.7 Å². The standard InChI is InChI=1S/C12H22N2O3/c1-9(7-10(15)14(5)6)8-13-11(16)17-12(2,3)4/h7H,8H2,1-6H3,(H,13,16)/b9-7+. The van der Waals surface area contributed by atoms with Crippen LogP contribution in [0.3, 0.4) is 0 Å². The molecule has 0 rings (SSSR count). The first-order chi connectivity index (χ1) is 7.61. The molecule has 5 heteroatoms. The van der Waals surface area contributed by atoms with Crippen molar-refractivity contribution < 1.29 is 14.3 Å².